The highest BCUT2D eigenvalue weighted by molar-refractivity contribution is 5.76. The number of hydrogen-bond donors (Lipinski definition) is 2. The number of nitrogens with one attached hydrogen (secondary N) is 2. The fraction of sp³-hybridized carbons (Fsp3) is 0.533. The van der Waals surface area contributed by atoms with Crippen molar-refractivity contribution in [2.75, 3.05) is 6.54 Å². The van der Waals surface area contributed by atoms with E-state index in [-0.39, 0.29) is 11.9 Å². The van der Waals surface area contributed by atoms with E-state index in [0.29, 0.717) is 12.5 Å². The molecule has 18 heavy (non-hydrogen) atoms. The minimum Gasteiger partial charge on any atom is -0.350 e. The molecular weight excluding hydrogens is 224 g/mol. The van der Waals surface area contributed by atoms with Crippen LogP contribution in [-0.2, 0) is 4.79 Å². The number of benzene rings is 1. The van der Waals surface area contributed by atoms with Crippen LogP contribution in [0, 0.1) is 6.92 Å². The van der Waals surface area contributed by atoms with Gasteiger partial charge in [0.1, 0.15) is 0 Å². The maximum atomic E-state index is 11.7. The molecule has 0 fully saturated rings. The van der Waals surface area contributed by atoms with Crippen molar-refractivity contribution in [3.05, 3.63) is 35.4 Å². The molecule has 0 aliphatic heterocycles. The van der Waals surface area contributed by atoms with Crippen LogP contribution in [0.4, 0.5) is 0 Å². The average Bonchev–Trinajstić information content (AvgIpc) is 2.28. The first-order chi connectivity index (χ1) is 8.49. The third kappa shape index (κ3) is 5.32. The predicted molar refractivity (Wildman–Crippen MR) is 75.5 cm³/mol. The molecule has 0 saturated carbocycles. The minimum atomic E-state index is 0.0662. The van der Waals surface area contributed by atoms with Gasteiger partial charge in [-0.3, -0.25) is 4.79 Å². The molecule has 1 aromatic carbocycles. The molecule has 0 bridgehead atoms. The number of carbonyl (C=O) groups is 1. The van der Waals surface area contributed by atoms with Gasteiger partial charge in [0.25, 0.3) is 0 Å². The number of hydrogen-bond acceptors (Lipinski definition) is 2. The van der Waals surface area contributed by atoms with Crippen molar-refractivity contribution < 1.29 is 4.79 Å². The summed E-state index contributed by atoms with van der Waals surface area (Å²) in [6.07, 6.45) is 0.522. The fourth-order valence-corrected chi connectivity index (χ4v) is 1.81. The summed E-state index contributed by atoms with van der Waals surface area (Å²) in [4.78, 5) is 11.7. The highest BCUT2D eigenvalue weighted by Crippen LogP contribution is 2.13. The Morgan fingerprint density at radius 3 is 2.61 bits per heavy atom. The van der Waals surface area contributed by atoms with Gasteiger partial charge in [0, 0.05) is 19.0 Å². The van der Waals surface area contributed by atoms with Crippen LogP contribution in [0.15, 0.2) is 24.3 Å². The Balaban J connectivity index is 2.40. The summed E-state index contributed by atoms with van der Waals surface area (Å²) in [5.74, 6) is 0.0946. The molecule has 1 amide bonds. The summed E-state index contributed by atoms with van der Waals surface area (Å²) in [6.45, 7) is 8.96. The molecule has 1 rings (SSSR count). The Labute approximate surface area is 110 Å². The van der Waals surface area contributed by atoms with Crippen LogP contribution in [0.1, 0.15) is 44.4 Å². The first kappa shape index (κ1) is 14.7. The fourth-order valence-electron chi connectivity index (χ4n) is 1.81. The molecule has 1 atom stereocenters. The molecule has 0 spiro atoms. The normalized spacial score (nSPS) is 12.5. The number of carbonyl (C=O) groups excluding carboxylic acids is 1. The average molecular weight is 248 g/mol. The van der Waals surface area contributed by atoms with E-state index in [9.17, 15) is 4.79 Å². The van der Waals surface area contributed by atoms with Gasteiger partial charge in [-0.1, -0.05) is 43.7 Å². The van der Waals surface area contributed by atoms with Crippen LogP contribution in [-0.4, -0.2) is 18.5 Å². The zero-order valence-electron chi connectivity index (χ0n) is 11.8. The topological polar surface area (TPSA) is 41.1 Å². The lowest BCUT2D eigenvalue weighted by Crippen LogP contribution is -2.31. The van der Waals surface area contributed by atoms with Crippen molar-refractivity contribution in [2.24, 2.45) is 0 Å². The Morgan fingerprint density at radius 2 is 2.00 bits per heavy atom. The third-order valence-electron chi connectivity index (χ3n) is 2.82. The zero-order valence-corrected chi connectivity index (χ0v) is 11.8. The van der Waals surface area contributed by atoms with Gasteiger partial charge in [0.05, 0.1) is 6.04 Å². The number of amides is 1. The predicted octanol–water partition coefficient (Wildman–Crippen LogP) is 2.56. The second-order valence-electron chi connectivity index (χ2n) is 5.06. The van der Waals surface area contributed by atoms with Crippen molar-refractivity contribution >= 4 is 5.91 Å². The largest absolute Gasteiger partial charge is 0.350 e. The summed E-state index contributed by atoms with van der Waals surface area (Å²) in [7, 11) is 0. The summed E-state index contributed by atoms with van der Waals surface area (Å²) in [6, 6.07) is 8.73. The summed E-state index contributed by atoms with van der Waals surface area (Å²) < 4.78 is 0. The summed E-state index contributed by atoms with van der Waals surface area (Å²) in [5.41, 5.74) is 2.37. The van der Waals surface area contributed by atoms with Gasteiger partial charge in [0.2, 0.25) is 5.91 Å². The van der Waals surface area contributed by atoms with Crippen LogP contribution >= 0.6 is 0 Å². The summed E-state index contributed by atoms with van der Waals surface area (Å²) in [5, 5.41) is 6.26. The maximum Gasteiger partial charge on any atom is 0.221 e. The lowest BCUT2D eigenvalue weighted by molar-refractivity contribution is -0.121. The van der Waals surface area contributed by atoms with E-state index in [2.05, 4.69) is 43.5 Å². The lowest BCUT2D eigenvalue weighted by Gasteiger charge is -2.15. The van der Waals surface area contributed by atoms with Gasteiger partial charge in [-0.25, -0.2) is 0 Å². The molecule has 0 aromatic heterocycles. The van der Waals surface area contributed by atoms with Crippen molar-refractivity contribution in [1.82, 2.24) is 10.6 Å². The molecule has 1 aromatic rings. The van der Waals surface area contributed by atoms with Gasteiger partial charge in [-0.05, 0) is 19.4 Å². The number of aryl methyl sites for hydroxylation is 1. The van der Waals surface area contributed by atoms with Crippen LogP contribution in [0.25, 0.3) is 0 Å². The lowest BCUT2D eigenvalue weighted by atomic mass is 10.1. The van der Waals surface area contributed by atoms with Gasteiger partial charge < -0.3 is 10.6 Å². The molecule has 0 radical (unpaired) electrons. The van der Waals surface area contributed by atoms with Crippen LogP contribution in [0.5, 0.6) is 0 Å². The monoisotopic (exact) mass is 248 g/mol. The first-order valence-corrected chi connectivity index (χ1v) is 6.58. The van der Waals surface area contributed by atoms with Crippen LogP contribution in [0.3, 0.4) is 0 Å². The molecule has 0 aliphatic rings. The van der Waals surface area contributed by atoms with Crippen molar-refractivity contribution in [3.63, 3.8) is 0 Å². The Bertz CT molecular complexity index is 388. The van der Waals surface area contributed by atoms with Crippen molar-refractivity contribution in [1.29, 1.82) is 0 Å². The highest BCUT2D eigenvalue weighted by atomic mass is 16.1. The number of rotatable bonds is 6. The maximum absolute atomic E-state index is 11.7. The van der Waals surface area contributed by atoms with E-state index in [4.69, 9.17) is 0 Å². The first-order valence-electron chi connectivity index (χ1n) is 6.58. The third-order valence-corrected chi connectivity index (χ3v) is 2.82. The Morgan fingerprint density at radius 1 is 1.28 bits per heavy atom. The molecule has 100 valence electrons. The van der Waals surface area contributed by atoms with E-state index in [0.717, 1.165) is 12.1 Å². The van der Waals surface area contributed by atoms with Gasteiger partial charge in [0.15, 0.2) is 0 Å². The summed E-state index contributed by atoms with van der Waals surface area (Å²) >= 11 is 0. The van der Waals surface area contributed by atoms with E-state index < -0.39 is 0 Å². The molecule has 0 unspecified atom stereocenters. The molecule has 3 heteroatoms. The van der Waals surface area contributed by atoms with Gasteiger partial charge in [-0.15, -0.1) is 0 Å². The molecule has 0 aliphatic carbocycles. The molecule has 0 saturated heterocycles. The Kier molecular flexibility index (Phi) is 5.86. The van der Waals surface area contributed by atoms with Gasteiger partial charge in [-0.2, -0.15) is 0 Å². The van der Waals surface area contributed by atoms with E-state index >= 15 is 0 Å². The molecule has 3 nitrogen and oxygen atoms in total. The second kappa shape index (κ2) is 7.17. The standard InChI is InChI=1S/C15H24N2O/c1-11(2)16-9-8-15(18)17-13(4)14-7-5-6-12(3)10-14/h5-7,10-11,13,16H,8-9H2,1-4H3,(H,17,18)/t13-/m0/s1. The van der Waals surface area contributed by atoms with E-state index in [1.165, 1.54) is 5.56 Å². The van der Waals surface area contributed by atoms with E-state index in [1.807, 2.05) is 19.1 Å². The second-order valence-corrected chi connectivity index (χ2v) is 5.06. The van der Waals surface area contributed by atoms with E-state index in [1.54, 1.807) is 0 Å². The van der Waals surface area contributed by atoms with Crippen LogP contribution < -0.4 is 10.6 Å². The minimum absolute atomic E-state index is 0.0662. The quantitative estimate of drug-likeness (QED) is 0.812. The van der Waals surface area contributed by atoms with Crippen molar-refractivity contribution in [3.8, 4) is 0 Å². The van der Waals surface area contributed by atoms with Gasteiger partial charge >= 0.3 is 0 Å². The zero-order chi connectivity index (χ0) is 13.5. The highest BCUT2D eigenvalue weighted by Gasteiger charge is 2.09. The SMILES string of the molecule is Cc1cccc([C@H](C)NC(=O)CCNC(C)C)c1. The van der Waals surface area contributed by atoms with Crippen molar-refractivity contribution in [2.45, 2.75) is 46.2 Å². The smallest absolute Gasteiger partial charge is 0.221 e. The van der Waals surface area contributed by atoms with Crippen LogP contribution in [0.2, 0.25) is 0 Å². The Hall–Kier alpha value is -1.35. The molecule has 2 N–H and O–H groups in total. The molecule has 0 heterocycles. The molecular formula is C15H24N2O.